The first-order valence-corrected chi connectivity index (χ1v) is 13.4. The lowest BCUT2D eigenvalue weighted by atomic mass is 10.1. The fourth-order valence-electron chi connectivity index (χ4n) is 3.68. The maximum absolute atomic E-state index is 13.6. The molecule has 0 spiro atoms. The Morgan fingerprint density at radius 3 is 2.08 bits per heavy atom. The number of sulfonamides is 1. The lowest BCUT2D eigenvalue weighted by Gasteiger charge is -2.26. The molecule has 4 rings (SSSR count). The highest BCUT2D eigenvalue weighted by atomic mass is 35.5. The van der Waals surface area contributed by atoms with Gasteiger partial charge in [0.05, 0.1) is 17.1 Å². The van der Waals surface area contributed by atoms with E-state index < -0.39 is 10.0 Å². The van der Waals surface area contributed by atoms with Gasteiger partial charge in [0.1, 0.15) is 0 Å². The largest absolute Gasteiger partial charge is 0.348 e. The number of nitrogens with zero attached hydrogens (tertiary/aromatic N) is 1. The molecule has 0 radical (unpaired) electrons. The molecule has 5 nitrogen and oxygen atoms in total. The molecule has 0 heterocycles. The van der Waals surface area contributed by atoms with E-state index in [1.54, 1.807) is 84.9 Å². The highest BCUT2D eigenvalue weighted by Gasteiger charge is 2.26. The van der Waals surface area contributed by atoms with Gasteiger partial charge in [0.2, 0.25) is 0 Å². The molecule has 184 valence electrons. The van der Waals surface area contributed by atoms with Crippen molar-refractivity contribution in [3.8, 4) is 0 Å². The van der Waals surface area contributed by atoms with E-state index in [-0.39, 0.29) is 17.3 Å². The summed E-state index contributed by atoms with van der Waals surface area (Å²) in [6, 6.07) is 27.6. The summed E-state index contributed by atoms with van der Waals surface area (Å²) in [4.78, 5) is 12.8. The van der Waals surface area contributed by atoms with E-state index in [0.29, 0.717) is 27.8 Å². The number of amides is 1. The van der Waals surface area contributed by atoms with Crippen molar-refractivity contribution in [3.05, 3.63) is 129 Å². The number of halogens is 2. The van der Waals surface area contributed by atoms with Crippen LogP contribution in [0.25, 0.3) is 0 Å². The molecule has 0 aliphatic carbocycles. The fourth-order valence-corrected chi connectivity index (χ4v) is 5.51. The second-order valence-corrected chi connectivity index (χ2v) is 11.0. The molecule has 0 bridgehead atoms. The van der Waals surface area contributed by atoms with Crippen LogP contribution in [0.4, 0.5) is 5.69 Å². The van der Waals surface area contributed by atoms with Gasteiger partial charge in [-0.25, -0.2) is 8.42 Å². The molecule has 0 atom stereocenters. The number of rotatable bonds is 8. The molecule has 1 amide bonds. The van der Waals surface area contributed by atoms with Crippen LogP contribution in [0.1, 0.15) is 27.0 Å². The SMILES string of the molecule is Cc1ccc(Cl)cc1N(Cc1ccc(C(=O)NCc2ccc(Cl)cc2)cc1)S(=O)(=O)c1ccccc1. The molecular weight excluding hydrogens is 515 g/mol. The van der Waals surface area contributed by atoms with Gasteiger partial charge in [0, 0.05) is 22.2 Å². The highest BCUT2D eigenvalue weighted by Crippen LogP contribution is 2.31. The average Bonchev–Trinajstić information content (AvgIpc) is 2.89. The van der Waals surface area contributed by atoms with Crippen molar-refractivity contribution < 1.29 is 13.2 Å². The van der Waals surface area contributed by atoms with E-state index in [0.717, 1.165) is 16.7 Å². The van der Waals surface area contributed by atoms with Crippen LogP contribution in [0.3, 0.4) is 0 Å². The van der Waals surface area contributed by atoms with Crippen LogP contribution >= 0.6 is 23.2 Å². The minimum atomic E-state index is -3.87. The normalized spacial score (nSPS) is 11.2. The summed E-state index contributed by atoms with van der Waals surface area (Å²) in [7, 11) is -3.87. The summed E-state index contributed by atoms with van der Waals surface area (Å²) < 4.78 is 28.6. The van der Waals surface area contributed by atoms with Crippen molar-refractivity contribution in [2.45, 2.75) is 24.9 Å². The minimum absolute atomic E-state index is 0.0745. The lowest BCUT2D eigenvalue weighted by Crippen LogP contribution is -2.31. The Labute approximate surface area is 221 Å². The van der Waals surface area contributed by atoms with Gasteiger partial charge >= 0.3 is 0 Å². The maximum atomic E-state index is 13.6. The maximum Gasteiger partial charge on any atom is 0.264 e. The Balaban J connectivity index is 1.57. The zero-order chi connectivity index (χ0) is 25.7. The van der Waals surface area contributed by atoms with Gasteiger partial charge in [0.15, 0.2) is 0 Å². The standard InChI is InChI=1S/C28H24Cl2N2O3S/c1-20-7-14-25(30)17-27(20)32(36(34,35)26-5-3-2-4-6-26)19-22-8-12-23(13-9-22)28(33)31-18-21-10-15-24(29)16-11-21/h2-17H,18-19H2,1H3,(H,31,33). The van der Waals surface area contributed by atoms with E-state index in [1.165, 1.54) is 4.31 Å². The molecule has 4 aromatic rings. The quantitative estimate of drug-likeness (QED) is 0.274. The first-order chi connectivity index (χ1) is 17.2. The van der Waals surface area contributed by atoms with Crippen LogP contribution in [-0.4, -0.2) is 14.3 Å². The molecular formula is C28H24Cl2N2O3S. The number of carbonyl (C=O) groups excluding carboxylic acids is 1. The average molecular weight is 539 g/mol. The van der Waals surface area contributed by atoms with Crippen LogP contribution in [0.5, 0.6) is 0 Å². The molecule has 0 unspecified atom stereocenters. The zero-order valence-corrected chi connectivity index (χ0v) is 21.8. The highest BCUT2D eigenvalue weighted by molar-refractivity contribution is 7.92. The second-order valence-electron chi connectivity index (χ2n) is 8.26. The molecule has 8 heteroatoms. The minimum Gasteiger partial charge on any atom is -0.348 e. The van der Waals surface area contributed by atoms with E-state index in [1.807, 2.05) is 19.1 Å². The van der Waals surface area contributed by atoms with Crippen LogP contribution in [0.2, 0.25) is 10.0 Å². The molecule has 1 N–H and O–H groups in total. The van der Waals surface area contributed by atoms with E-state index >= 15 is 0 Å². The number of hydrogen-bond acceptors (Lipinski definition) is 3. The van der Waals surface area contributed by atoms with Crippen molar-refractivity contribution in [1.29, 1.82) is 0 Å². The zero-order valence-electron chi connectivity index (χ0n) is 19.5. The van der Waals surface area contributed by atoms with Crippen LogP contribution in [0.15, 0.2) is 102 Å². The molecule has 0 saturated heterocycles. The number of nitrogens with one attached hydrogen (secondary N) is 1. The molecule has 0 aromatic heterocycles. The summed E-state index contributed by atoms with van der Waals surface area (Å²) in [5, 5.41) is 3.95. The summed E-state index contributed by atoms with van der Waals surface area (Å²) >= 11 is 12.1. The molecule has 36 heavy (non-hydrogen) atoms. The van der Waals surface area contributed by atoms with E-state index in [4.69, 9.17) is 23.2 Å². The Kier molecular flexibility index (Phi) is 7.99. The van der Waals surface area contributed by atoms with Gasteiger partial charge in [-0.15, -0.1) is 0 Å². The van der Waals surface area contributed by atoms with Gasteiger partial charge in [-0.3, -0.25) is 9.10 Å². The number of anilines is 1. The third-order valence-corrected chi connectivity index (χ3v) is 7.94. The number of aryl methyl sites for hydroxylation is 1. The van der Waals surface area contributed by atoms with Crippen LogP contribution < -0.4 is 9.62 Å². The summed E-state index contributed by atoms with van der Waals surface area (Å²) in [6.07, 6.45) is 0. The summed E-state index contributed by atoms with van der Waals surface area (Å²) in [5.41, 5.74) is 3.41. The van der Waals surface area contributed by atoms with Crippen molar-refractivity contribution in [2.75, 3.05) is 4.31 Å². The molecule has 0 aliphatic rings. The van der Waals surface area contributed by atoms with Crippen LogP contribution in [0, 0.1) is 6.92 Å². The van der Waals surface area contributed by atoms with Gasteiger partial charge in [0.25, 0.3) is 15.9 Å². The third-order valence-electron chi connectivity index (χ3n) is 5.68. The Morgan fingerprint density at radius 1 is 0.806 bits per heavy atom. The number of benzene rings is 4. The first kappa shape index (κ1) is 25.8. The van der Waals surface area contributed by atoms with Crippen molar-refractivity contribution >= 4 is 44.8 Å². The Hall–Kier alpha value is -3.32. The van der Waals surface area contributed by atoms with Crippen molar-refractivity contribution in [1.82, 2.24) is 5.32 Å². The third kappa shape index (κ3) is 6.08. The Morgan fingerprint density at radius 2 is 1.42 bits per heavy atom. The van der Waals surface area contributed by atoms with Crippen molar-refractivity contribution in [3.63, 3.8) is 0 Å². The van der Waals surface area contributed by atoms with Gasteiger partial charge in [-0.1, -0.05) is 71.7 Å². The molecule has 0 fully saturated rings. The number of carbonyl (C=O) groups is 1. The fraction of sp³-hybridized carbons (Fsp3) is 0.107. The lowest BCUT2D eigenvalue weighted by molar-refractivity contribution is 0.0951. The predicted molar refractivity (Wildman–Crippen MR) is 145 cm³/mol. The van der Waals surface area contributed by atoms with E-state index in [9.17, 15) is 13.2 Å². The Bertz CT molecular complexity index is 1460. The topological polar surface area (TPSA) is 66.5 Å². The molecule has 0 aliphatic heterocycles. The molecule has 4 aromatic carbocycles. The van der Waals surface area contributed by atoms with Gasteiger partial charge in [-0.2, -0.15) is 0 Å². The smallest absolute Gasteiger partial charge is 0.264 e. The summed E-state index contributed by atoms with van der Waals surface area (Å²) in [6.45, 7) is 2.28. The molecule has 0 saturated carbocycles. The van der Waals surface area contributed by atoms with Gasteiger partial charge in [-0.05, 0) is 72.1 Å². The van der Waals surface area contributed by atoms with E-state index in [2.05, 4.69) is 5.32 Å². The predicted octanol–water partition coefficient (Wildman–Crippen LogP) is 6.63. The van der Waals surface area contributed by atoms with Crippen molar-refractivity contribution in [2.24, 2.45) is 0 Å². The second kappa shape index (κ2) is 11.2. The van der Waals surface area contributed by atoms with Gasteiger partial charge < -0.3 is 5.32 Å². The van der Waals surface area contributed by atoms with Crippen LogP contribution in [-0.2, 0) is 23.1 Å². The number of hydrogen-bond donors (Lipinski definition) is 1. The first-order valence-electron chi connectivity index (χ1n) is 11.2. The monoisotopic (exact) mass is 538 g/mol. The summed E-state index contributed by atoms with van der Waals surface area (Å²) in [5.74, 6) is -0.226.